The third-order valence-corrected chi connectivity index (χ3v) is 7.70. The highest BCUT2D eigenvalue weighted by Crippen LogP contribution is 2.63. The zero-order valence-electron chi connectivity index (χ0n) is 18.6. The number of methoxy groups -OCH3 is 1. The average molecular weight is 451 g/mol. The maximum atomic E-state index is 14.1. The Bertz CT molecular complexity index is 1380. The van der Waals surface area contributed by atoms with E-state index in [9.17, 15) is 19.2 Å². The van der Waals surface area contributed by atoms with Crippen molar-refractivity contribution >= 4 is 29.6 Å². The molecule has 1 aliphatic heterocycles. The molecule has 0 aromatic heterocycles. The standard InChI is InChI=1S/C28H21NO5/c1-15(31)16-11-12-22(34-2)21(13-16)29-26(32)24-23-17-7-3-5-9-19(17)28(14-30,25(24)27(29)33)20-10-6-4-8-18(20)23/h3-14,23-25H,1-2H3/t23?,24-,25-,28?/m0/s1. The molecular weight excluding hydrogens is 430 g/mol. The average Bonchev–Trinajstić information content (AvgIpc) is 3.14. The van der Waals surface area contributed by atoms with Gasteiger partial charge in [-0.3, -0.25) is 14.4 Å². The van der Waals surface area contributed by atoms with Crippen LogP contribution in [0.3, 0.4) is 0 Å². The third-order valence-electron chi connectivity index (χ3n) is 7.70. The second kappa shape index (κ2) is 6.97. The molecule has 2 amide bonds. The number of carbonyl (C=O) groups excluding carboxylic acids is 4. The van der Waals surface area contributed by atoms with Crippen molar-refractivity contribution in [2.45, 2.75) is 18.3 Å². The van der Waals surface area contributed by atoms with Gasteiger partial charge in [0.05, 0.1) is 30.0 Å². The largest absolute Gasteiger partial charge is 0.495 e. The van der Waals surface area contributed by atoms with E-state index >= 15 is 0 Å². The summed E-state index contributed by atoms with van der Waals surface area (Å²) >= 11 is 0. The lowest BCUT2D eigenvalue weighted by molar-refractivity contribution is -0.128. The van der Waals surface area contributed by atoms with Gasteiger partial charge in [0, 0.05) is 11.5 Å². The first kappa shape index (κ1) is 20.5. The third kappa shape index (κ3) is 2.30. The van der Waals surface area contributed by atoms with E-state index in [1.165, 1.54) is 20.1 Å². The minimum Gasteiger partial charge on any atom is -0.495 e. The Morgan fingerprint density at radius 3 is 2.12 bits per heavy atom. The summed E-state index contributed by atoms with van der Waals surface area (Å²) in [5.41, 5.74) is 2.70. The van der Waals surface area contributed by atoms with Crippen molar-refractivity contribution in [2.75, 3.05) is 12.0 Å². The quantitative estimate of drug-likeness (QED) is 0.344. The van der Waals surface area contributed by atoms with E-state index in [4.69, 9.17) is 4.74 Å². The van der Waals surface area contributed by atoms with Crippen molar-refractivity contribution in [1.29, 1.82) is 0 Å². The maximum Gasteiger partial charge on any atom is 0.239 e. The van der Waals surface area contributed by atoms with Crippen LogP contribution in [0.5, 0.6) is 5.75 Å². The Kier molecular flexibility index (Phi) is 4.21. The highest BCUT2D eigenvalue weighted by Gasteiger charge is 2.68. The lowest BCUT2D eigenvalue weighted by Gasteiger charge is -2.51. The molecule has 0 N–H and O–H groups in total. The highest BCUT2D eigenvalue weighted by molar-refractivity contribution is 6.25. The van der Waals surface area contributed by atoms with Gasteiger partial charge >= 0.3 is 0 Å². The molecule has 0 unspecified atom stereocenters. The van der Waals surface area contributed by atoms with Gasteiger partial charge in [-0.15, -0.1) is 0 Å². The first-order valence-corrected chi connectivity index (χ1v) is 11.2. The SMILES string of the molecule is COc1ccc(C(C)=O)cc1N1C(=O)[C@@H]2[C@@H](C1=O)C1c3ccccc3C2(C=O)c2ccccc21. The molecule has 2 bridgehead atoms. The van der Waals surface area contributed by atoms with Crippen LogP contribution in [0, 0.1) is 11.8 Å². The van der Waals surface area contributed by atoms with Crippen molar-refractivity contribution in [2.24, 2.45) is 11.8 Å². The second-order valence-electron chi connectivity index (χ2n) is 9.10. The molecule has 1 fully saturated rings. The topological polar surface area (TPSA) is 80.8 Å². The molecule has 0 saturated carbocycles. The Hall–Kier alpha value is -4.06. The molecule has 168 valence electrons. The Balaban J connectivity index is 1.62. The number of ether oxygens (including phenoxy) is 1. The number of carbonyl (C=O) groups is 4. The summed E-state index contributed by atoms with van der Waals surface area (Å²) in [7, 11) is 1.45. The van der Waals surface area contributed by atoms with Crippen LogP contribution in [0.2, 0.25) is 0 Å². The Morgan fingerprint density at radius 2 is 1.56 bits per heavy atom. The number of aldehydes is 1. The number of rotatable bonds is 4. The van der Waals surface area contributed by atoms with Gasteiger partial charge < -0.3 is 9.53 Å². The Labute approximate surface area is 196 Å². The monoisotopic (exact) mass is 451 g/mol. The van der Waals surface area contributed by atoms with Gasteiger partial charge in [0.25, 0.3) is 0 Å². The molecule has 1 saturated heterocycles. The number of anilines is 1. The van der Waals surface area contributed by atoms with Crippen LogP contribution in [0.15, 0.2) is 66.7 Å². The molecule has 4 aliphatic rings. The summed E-state index contributed by atoms with van der Waals surface area (Å²) in [6.07, 6.45) is 0.843. The fraction of sp³-hybridized carbons (Fsp3) is 0.214. The van der Waals surface area contributed by atoms with Gasteiger partial charge in [-0.1, -0.05) is 48.5 Å². The van der Waals surface area contributed by atoms with Gasteiger partial charge in [0.2, 0.25) is 11.8 Å². The van der Waals surface area contributed by atoms with Crippen LogP contribution < -0.4 is 9.64 Å². The van der Waals surface area contributed by atoms with Gasteiger partial charge in [0.15, 0.2) is 5.78 Å². The number of nitrogens with zero attached hydrogens (tertiary/aromatic N) is 1. The van der Waals surface area contributed by atoms with Gasteiger partial charge in [-0.25, -0.2) is 4.90 Å². The van der Waals surface area contributed by atoms with Crippen LogP contribution in [0.1, 0.15) is 45.5 Å². The molecule has 3 aromatic rings. The van der Waals surface area contributed by atoms with Crippen molar-refractivity contribution in [3.63, 3.8) is 0 Å². The summed E-state index contributed by atoms with van der Waals surface area (Å²) < 4.78 is 5.46. The summed E-state index contributed by atoms with van der Waals surface area (Å²) in [6, 6.07) is 19.9. The molecule has 3 aromatic carbocycles. The van der Waals surface area contributed by atoms with Crippen LogP contribution in [0.4, 0.5) is 5.69 Å². The van der Waals surface area contributed by atoms with Crippen molar-refractivity contribution < 1.29 is 23.9 Å². The molecule has 6 heteroatoms. The van der Waals surface area contributed by atoms with Gasteiger partial charge in [-0.05, 0) is 47.4 Å². The van der Waals surface area contributed by atoms with E-state index in [1.807, 2.05) is 48.5 Å². The molecule has 0 spiro atoms. The summed E-state index contributed by atoms with van der Waals surface area (Å²) in [4.78, 5) is 54.3. The fourth-order valence-electron chi connectivity index (χ4n) is 6.35. The zero-order chi connectivity index (χ0) is 23.8. The number of imide groups is 1. The van der Waals surface area contributed by atoms with Crippen molar-refractivity contribution in [1.82, 2.24) is 0 Å². The highest BCUT2D eigenvalue weighted by atomic mass is 16.5. The van der Waals surface area contributed by atoms with E-state index in [2.05, 4.69) is 0 Å². The smallest absolute Gasteiger partial charge is 0.239 e. The lowest BCUT2D eigenvalue weighted by atomic mass is 9.48. The summed E-state index contributed by atoms with van der Waals surface area (Å²) in [5.74, 6) is -2.66. The van der Waals surface area contributed by atoms with Gasteiger partial charge in [-0.2, -0.15) is 0 Å². The number of benzene rings is 3. The van der Waals surface area contributed by atoms with Gasteiger partial charge in [0.1, 0.15) is 12.0 Å². The Morgan fingerprint density at radius 1 is 0.941 bits per heavy atom. The van der Waals surface area contributed by atoms with Crippen LogP contribution in [0.25, 0.3) is 0 Å². The van der Waals surface area contributed by atoms with E-state index in [0.717, 1.165) is 33.4 Å². The molecule has 2 atom stereocenters. The number of hydrogen-bond donors (Lipinski definition) is 0. The molecule has 34 heavy (non-hydrogen) atoms. The first-order chi connectivity index (χ1) is 16.5. The van der Waals surface area contributed by atoms with E-state index in [1.54, 1.807) is 12.1 Å². The predicted octanol–water partition coefficient (Wildman–Crippen LogP) is 3.65. The number of hydrogen-bond acceptors (Lipinski definition) is 5. The number of Topliss-reactive ketones (excluding diaryl/α,β-unsaturated/α-hetero) is 1. The number of ketones is 1. The number of amides is 2. The molecule has 6 nitrogen and oxygen atoms in total. The molecule has 0 radical (unpaired) electrons. The second-order valence-corrected chi connectivity index (χ2v) is 9.10. The van der Waals surface area contributed by atoms with E-state index in [0.29, 0.717) is 11.3 Å². The van der Waals surface area contributed by atoms with E-state index in [-0.39, 0.29) is 23.3 Å². The lowest BCUT2D eigenvalue weighted by Crippen LogP contribution is -2.54. The summed E-state index contributed by atoms with van der Waals surface area (Å²) in [6.45, 7) is 1.42. The minimum absolute atomic E-state index is 0.190. The van der Waals surface area contributed by atoms with Crippen molar-refractivity contribution in [3.8, 4) is 5.75 Å². The molecule has 3 aliphatic carbocycles. The maximum absolute atomic E-state index is 14.1. The predicted molar refractivity (Wildman–Crippen MR) is 124 cm³/mol. The normalized spacial score (nSPS) is 26.1. The molecule has 7 rings (SSSR count). The van der Waals surface area contributed by atoms with Crippen LogP contribution in [-0.4, -0.2) is 31.0 Å². The first-order valence-electron chi connectivity index (χ1n) is 11.2. The van der Waals surface area contributed by atoms with Crippen molar-refractivity contribution in [3.05, 3.63) is 94.5 Å². The fourth-order valence-corrected chi connectivity index (χ4v) is 6.35. The van der Waals surface area contributed by atoms with E-state index < -0.39 is 23.2 Å². The van der Waals surface area contributed by atoms with Crippen LogP contribution in [-0.2, 0) is 19.8 Å². The van der Waals surface area contributed by atoms with Crippen LogP contribution >= 0.6 is 0 Å². The minimum atomic E-state index is -1.26. The molecule has 1 heterocycles. The zero-order valence-corrected chi connectivity index (χ0v) is 18.6. The summed E-state index contributed by atoms with van der Waals surface area (Å²) in [5, 5.41) is 0. The molecular formula is C28H21NO5.